The Morgan fingerprint density at radius 2 is 2.00 bits per heavy atom. The Morgan fingerprint density at radius 1 is 1.25 bits per heavy atom. The maximum atomic E-state index is 3.96. The molecule has 0 bridgehead atoms. The topological polar surface area (TPSA) is 4.93 Å². The average molecular weight is 213 g/mol. The number of nitrogens with zero attached hydrogens (tertiary/aromatic N) is 1. The molecule has 0 aliphatic heterocycles. The van der Waals surface area contributed by atoms with Crippen molar-refractivity contribution in [2.45, 2.75) is 33.2 Å². The molecule has 2 aromatic rings. The van der Waals surface area contributed by atoms with Crippen molar-refractivity contribution in [1.82, 2.24) is 4.57 Å². The first-order valence-corrected chi connectivity index (χ1v) is 6.06. The van der Waals surface area contributed by atoms with Gasteiger partial charge in [0.15, 0.2) is 0 Å². The molecule has 1 heteroatoms. The third-order valence-electron chi connectivity index (χ3n) is 3.13. The van der Waals surface area contributed by atoms with E-state index in [1.165, 1.54) is 28.6 Å². The van der Waals surface area contributed by atoms with Gasteiger partial charge in [0, 0.05) is 28.7 Å². The fraction of sp³-hybridized carbons (Fsp3) is 0.333. The number of para-hydroxylation sites is 1. The van der Waals surface area contributed by atoms with E-state index in [4.69, 9.17) is 0 Å². The summed E-state index contributed by atoms with van der Waals surface area (Å²) in [5, 5.41) is 1.34. The summed E-state index contributed by atoms with van der Waals surface area (Å²) in [6.45, 7) is 9.42. The van der Waals surface area contributed by atoms with Gasteiger partial charge in [0.2, 0.25) is 0 Å². The number of aromatic nitrogens is 1. The fourth-order valence-corrected chi connectivity index (χ4v) is 2.48. The second kappa shape index (κ2) is 4.56. The molecule has 0 saturated carbocycles. The lowest BCUT2D eigenvalue weighted by Crippen LogP contribution is -2.00. The molecule has 16 heavy (non-hydrogen) atoms. The molecule has 0 aliphatic carbocycles. The molecule has 1 nitrogen and oxygen atoms in total. The normalized spacial score (nSPS) is 10.9. The number of hydrogen-bond donors (Lipinski definition) is 0. The monoisotopic (exact) mass is 213 g/mol. The van der Waals surface area contributed by atoms with Gasteiger partial charge in [-0.2, -0.15) is 0 Å². The van der Waals surface area contributed by atoms with Gasteiger partial charge < -0.3 is 4.57 Å². The zero-order chi connectivity index (χ0) is 11.5. The summed E-state index contributed by atoms with van der Waals surface area (Å²) in [5.41, 5.74) is 4.09. The minimum atomic E-state index is 1.03. The van der Waals surface area contributed by atoms with E-state index in [1.54, 1.807) is 0 Å². The van der Waals surface area contributed by atoms with Crippen LogP contribution in [0.3, 0.4) is 0 Å². The first-order chi connectivity index (χ1) is 7.83. The molecule has 1 heterocycles. The van der Waals surface area contributed by atoms with Crippen LogP contribution in [0.2, 0.25) is 0 Å². The second-order valence-electron chi connectivity index (χ2n) is 4.08. The third-order valence-corrected chi connectivity index (χ3v) is 3.13. The molecule has 0 radical (unpaired) electrons. The summed E-state index contributed by atoms with van der Waals surface area (Å²) in [6.07, 6.45) is 4.31. The number of aryl methyl sites for hydroxylation is 1. The smallest absolute Gasteiger partial charge is 0.0488 e. The molecule has 2 rings (SSSR count). The molecule has 0 saturated heterocycles. The van der Waals surface area contributed by atoms with Crippen molar-refractivity contribution >= 4 is 17.0 Å². The molecule has 0 unspecified atom stereocenters. The SMILES string of the molecule is C=Cc1c(CCC)n(CC)c2ccccc12. The summed E-state index contributed by atoms with van der Waals surface area (Å²) in [5.74, 6) is 0. The second-order valence-corrected chi connectivity index (χ2v) is 4.08. The third kappa shape index (κ3) is 1.57. The number of benzene rings is 1. The van der Waals surface area contributed by atoms with Crippen molar-refractivity contribution in [3.05, 3.63) is 42.1 Å². The molecular weight excluding hydrogens is 194 g/mol. The van der Waals surface area contributed by atoms with Crippen LogP contribution in [0.15, 0.2) is 30.8 Å². The van der Waals surface area contributed by atoms with Gasteiger partial charge in [-0.1, -0.05) is 44.2 Å². The first kappa shape index (κ1) is 11.0. The lowest BCUT2D eigenvalue weighted by atomic mass is 10.1. The zero-order valence-corrected chi connectivity index (χ0v) is 10.2. The van der Waals surface area contributed by atoms with Crippen LogP contribution in [0, 0.1) is 0 Å². The Hall–Kier alpha value is -1.50. The van der Waals surface area contributed by atoms with Crippen molar-refractivity contribution in [3.8, 4) is 0 Å². The van der Waals surface area contributed by atoms with E-state index in [2.05, 4.69) is 49.3 Å². The highest BCUT2D eigenvalue weighted by atomic mass is 15.0. The molecular formula is C15H19N. The number of rotatable bonds is 4. The lowest BCUT2D eigenvalue weighted by molar-refractivity contribution is 0.721. The highest BCUT2D eigenvalue weighted by Crippen LogP contribution is 2.28. The predicted octanol–water partition coefficient (Wildman–Crippen LogP) is 4.26. The van der Waals surface area contributed by atoms with E-state index in [9.17, 15) is 0 Å². The van der Waals surface area contributed by atoms with Gasteiger partial charge in [-0.15, -0.1) is 0 Å². The molecule has 0 fully saturated rings. The highest BCUT2D eigenvalue weighted by molar-refractivity contribution is 5.91. The Kier molecular flexibility index (Phi) is 3.14. The molecule has 84 valence electrons. The minimum Gasteiger partial charge on any atom is -0.344 e. The Bertz CT molecular complexity index is 505. The minimum absolute atomic E-state index is 1.03. The number of fused-ring (bicyclic) bond motifs is 1. The summed E-state index contributed by atoms with van der Waals surface area (Å²) < 4.78 is 2.41. The number of hydrogen-bond acceptors (Lipinski definition) is 0. The van der Waals surface area contributed by atoms with Crippen LogP contribution in [0.4, 0.5) is 0 Å². The van der Waals surface area contributed by atoms with Crippen LogP contribution in [-0.4, -0.2) is 4.57 Å². The molecule has 0 aliphatic rings. The van der Waals surface area contributed by atoms with Crippen LogP contribution < -0.4 is 0 Å². The maximum absolute atomic E-state index is 3.96. The zero-order valence-electron chi connectivity index (χ0n) is 10.2. The van der Waals surface area contributed by atoms with Crippen LogP contribution in [0.5, 0.6) is 0 Å². The van der Waals surface area contributed by atoms with Crippen LogP contribution in [-0.2, 0) is 13.0 Å². The lowest BCUT2D eigenvalue weighted by Gasteiger charge is -2.07. The summed E-state index contributed by atoms with van der Waals surface area (Å²) in [4.78, 5) is 0. The van der Waals surface area contributed by atoms with Crippen LogP contribution in [0.1, 0.15) is 31.5 Å². The van der Waals surface area contributed by atoms with Gasteiger partial charge in [-0.3, -0.25) is 0 Å². The quantitative estimate of drug-likeness (QED) is 0.715. The Labute approximate surface area is 97.4 Å². The van der Waals surface area contributed by atoms with Gasteiger partial charge in [0.1, 0.15) is 0 Å². The summed E-state index contributed by atoms with van der Waals surface area (Å²) in [7, 11) is 0. The highest BCUT2D eigenvalue weighted by Gasteiger charge is 2.12. The fourth-order valence-electron chi connectivity index (χ4n) is 2.48. The first-order valence-electron chi connectivity index (χ1n) is 6.06. The summed E-state index contributed by atoms with van der Waals surface area (Å²) >= 11 is 0. The Morgan fingerprint density at radius 3 is 2.62 bits per heavy atom. The summed E-state index contributed by atoms with van der Waals surface area (Å²) in [6, 6.07) is 8.60. The van der Waals surface area contributed by atoms with E-state index in [0.29, 0.717) is 0 Å². The van der Waals surface area contributed by atoms with Crippen molar-refractivity contribution in [2.24, 2.45) is 0 Å². The van der Waals surface area contributed by atoms with Crippen molar-refractivity contribution in [1.29, 1.82) is 0 Å². The van der Waals surface area contributed by atoms with Gasteiger partial charge in [0.25, 0.3) is 0 Å². The Balaban J connectivity index is 2.78. The molecule has 0 amide bonds. The van der Waals surface area contributed by atoms with E-state index >= 15 is 0 Å². The average Bonchev–Trinajstić information content (AvgIpc) is 2.62. The largest absolute Gasteiger partial charge is 0.344 e. The van der Waals surface area contributed by atoms with Crippen molar-refractivity contribution in [2.75, 3.05) is 0 Å². The van der Waals surface area contributed by atoms with Gasteiger partial charge in [-0.05, 0) is 19.4 Å². The van der Waals surface area contributed by atoms with Crippen LogP contribution >= 0.6 is 0 Å². The van der Waals surface area contributed by atoms with E-state index < -0.39 is 0 Å². The molecule has 1 aromatic heterocycles. The van der Waals surface area contributed by atoms with Gasteiger partial charge in [0.05, 0.1) is 0 Å². The van der Waals surface area contributed by atoms with Gasteiger partial charge in [-0.25, -0.2) is 0 Å². The molecule has 0 N–H and O–H groups in total. The standard InChI is InChI=1S/C15H19N/c1-4-9-14-12(5-2)13-10-7-8-11-15(13)16(14)6-3/h5,7-8,10-11H,2,4,6,9H2,1,3H3. The van der Waals surface area contributed by atoms with E-state index in [1.807, 2.05) is 6.08 Å². The molecule has 0 atom stereocenters. The van der Waals surface area contributed by atoms with Gasteiger partial charge >= 0.3 is 0 Å². The van der Waals surface area contributed by atoms with Crippen LogP contribution in [0.25, 0.3) is 17.0 Å². The molecule has 1 aromatic carbocycles. The van der Waals surface area contributed by atoms with Crippen molar-refractivity contribution < 1.29 is 0 Å². The predicted molar refractivity (Wildman–Crippen MR) is 71.7 cm³/mol. The van der Waals surface area contributed by atoms with E-state index in [0.717, 1.165) is 13.0 Å². The maximum Gasteiger partial charge on any atom is 0.0488 e. The van der Waals surface area contributed by atoms with Crippen molar-refractivity contribution in [3.63, 3.8) is 0 Å². The van der Waals surface area contributed by atoms with E-state index in [-0.39, 0.29) is 0 Å². The molecule has 0 spiro atoms.